The third-order valence-corrected chi connectivity index (χ3v) is 4.43. The predicted molar refractivity (Wildman–Crippen MR) is 74.9 cm³/mol. The molecule has 0 unspecified atom stereocenters. The molecule has 2 aromatic rings. The number of Topliss-reactive ketones (excluding diaryl/α,β-unsaturated/α-hetero) is 1. The van der Waals surface area contributed by atoms with E-state index < -0.39 is 5.60 Å². The first kappa shape index (κ1) is 13.2. The van der Waals surface area contributed by atoms with Crippen LogP contribution in [-0.2, 0) is 4.74 Å². The van der Waals surface area contributed by atoms with E-state index in [1.54, 1.807) is 10.8 Å². The molecular formula is C13H14O3S2. The van der Waals surface area contributed by atoms with Crippen molar-refractivity contribution in [2.45, 2.75) is 33.3 Å². The normalized spacial score (nSPS) is 11.8. The molecule has 0 saturated carbocycles. The van der Waals surface area contributed by atoms with Crippen molar-refractivity contribution in [2.24, 2.45) is 0 Å². The van der Waals surface area contributed by atoms with Crippen LogP contribution in [-0.4, -0.2) is 17.4 Å². The van der Waals surface area contributed by atoms with Gasteiger partial charge in [-0.3, -0.25) is 4.79 Å². The Hall–Kier alpha value is -1.20. The summed E-state index contributed by atoms with van der Waals surface area (Å²) in [6.45, 7) is 6.99. The van der Waals surface area contributed by atoms with Gasteiger partial charge in [-0.2, -0.15) is 0 Å². The van der Waals surface area contributed by atoms with Gasteiger partial charge in [0.25, 0.3) is 0 Å². The van der Waals surface area contributed by atoms with E-state index in [0.717, 1.165) is 9.40 Å². The Morgan fingerprint density at radius 3 is 2.17 bits per heavy atom. The molecule has 18 heavy (non-hydrogen) atoms. The zero-order valence-corrected chi connectivity index (χ0v) is 12.3. The van der Waals surface area contributed by atoms with Crippen LogP contribution in [0.5, 0.6) is 0 Å². The van der Waals surface area contributed by atoms with Gasteiger partial charge in [0.15, 0.2) is 5.78 Å². The maximum atomic E-state index is 12.1. The first-order valence-electron chi connectivity index (χ1n) is 5.52. The molecule has 0 radical (unpaired) electrons. The van der Waals surface area contributed by atoms with Gasteiger partial charge < -0.3 is 4.74 Å². The monoisotopic (exact) mass is 282 g/mol. The molecular weight excluding hydrogens is 268 g/mol. The zero-order valence-electron chi connectivity index (χ0n) is 10.7. The highest BCUT2D eigenvalue weighted by Gasteiger charge is 2.23. The molecule has 5 heteroatoms. The minimum Gasteiger partial charge on any atom is -0.456 e. The lowest BCUT2D eigenvalue weighted by Crippen LogP contribution is -2.23. The summed E-state index contributed by atoms with van der Waals surface area (Å²) in [7, 11) is 0. The highest BCUT2D eigenvalue weighted by atomic mass is 32.2. The first-order valence-corrected chi connectivity index (χ1v) is 7.28. The molecule has 0 amide bonds. The number of carbonyl (C=O) groups is 2. The van der Waals surface area contributed by atoms with Crippen LogP contribution in [0.15, 0.2) is 10.8 Å². The van der Waals surface area contributed by atoms with Crippen molar-refractivity contribution in [1.82, 2.24) is 0 Å². The maximum absolute atomic E-state index is 12.1. The number of fused-ring (bicyclic) bond motifs is 1. The minimum absolute atomic E-state index is 0.0236. The van der Waals surface area contributed by atoms with E-state index in [0.29, 0.717) is 11.1 Å². The minimum atomic E-state index is -0.530. The SMILES string of the molecule is CC(=O)c1csc2scc(C(=O)OC(C)(C)C)c12. The maximum Gasteiger partial charge on any atom is 0.340 e. The van der Waals surface area contributed by atoms with E-state index in [9.17, 15) is 9.59 Å². The van der Waals surface area contributed by atoms with Crippen LogP contribution in [0.25, 0.3) is 9.40 Å². The molecule has 96 valence electrons. The zero-order chi connectivity index (χ0) is 13.5. The molecule has 2 heterocycles. The van der Waals surface area contributed by atoms with Crippen molar-refractivity contribution in [3.8, 4) is 0 Å². The number of thiophene rings is 2. The molecule has 0 spiro atoms. The highest BCUT2D eigenvalue weighted by Crippen LogP contribution is 2.35. The molecule has 0 aliphatic rings. The van der Waals surface area contributed by atoms with E-state index in [1.807, 2.05) is 20.8 Å². The second-order valence-electron chi connectivity index (χ2n) is 5.02. The van der Waals surface area contributed by atoms with Gasteiger partial charge in [0.2, 0.25) is 0 Å². The fourth-order valence-corrected chi connectivity index (χ4v) is 3.73. The number of hydrogen-bond acceptors (Lipinski definition) is 5. The van der Waals surface area contributed by atoms with Gasteiger partial charge in [0, 0.05) is 21.7 Å². The number of ether oxygens (including phenoxy) is 1. The summed E-state index contributed by atoms with van der Waals surface area (Å²) in [5.74, 6) is -0.390. The summed E-state index contributed by atoms with van der Waals surface area (Å²) in [4.78, 5) is 23.6. The topological polar surface area (TPSA) is 43.4 Å². The Labute approximate surface area is 113 Å². The van der Waals surface area contributed by atoms with E-state index in [2.05, 4.69) is 0 Å². The van der Waals surface area contributed by atoms with Crippen LogP contribution in [0.2, 0.25) is 0 Å². The fraction of sp³-hybridized carbons (Fsp3) is 0.385. The summed E-state index contributed by atoms with van der Waals surface area (Å²) < 4.78 is 6.34. The van der Waals surface area contributed by atoms with E-state index >= 15 is 0 Å². The average molecular weight is 282 g/mol. The Morgan fingerprint density at radius 1 is 1.11 bits per heavy atom. The molecule has 0 aliphatic heterocycles. The number of carbonyl (C=O) groups excluding carboxylic acids is 2. The highest BCUT2D eigenvalue weighted by molar-refractivity contribution is 7.37. The van der Waals surface area contributed by atoms with Crippen molar-refractivity contribution >= 4 is 43.8 Å². The standard InChI is InChI=1S/C13H14O3S2/c1-7(14)8-5-17-12-10(8)9(6-18-12)11(15)16-13(2,3)4/h5-6H,1-4H3. The lowest BCUT2D eigenvalue weighted by atomic mass is 10.1. The van der Waals surface area contributed by atoms with Crippen LogP contribution >= 0.6 is 22.7 Å². The first-order chi connectivity index (χ1) is 8.29. The fourth-order valence-electron chi connectivity index (χ4n) is 1.60. The van der Waals surface area contributed by atoms with Gasteiger partial charge in [-0.25, -0.2) is 4.79 Å². The second kappa shape index (κ2) is 4.48. The van der Waals surface area contributed by atoms with Crippen molar-refractivity contribution in [3.05, 3.63) is 21.9 Å². The van der Waals surface area contributed by atoms with E-state index in [1.165, 1.54) is 29.6 Å². The lowest BCUT2D eigenvalue weighted by Gasteiger charge is -2.19. The summed E-state index contributed by atoms with van der Waals surface area (Å²) in [6, 6.07) is 0. The largest absolute Gasteiger partial charge is 0.456 e. The van der Waals surface area contributed by atoms with Crippen molar-refractivity contribution < 1.29 is 14.3 Å². The van der Waals surface area contributed by atoms with Crippen molar-refractivity contribution in [2.75, 3.05) is 0 Å². The molecule has 2 aromatic heterocycles. The number of hydrogen-bond donors (Lipinski definition) is 0. The van der Waals surface area contributed by atoms with Gasteiger partial charge in [0.05, 0.1) is 9.58 Å². The van der Waals surface area contributed by atoms with E-state index in [4.69, 9.17) is 4.74 Å². The quantitative estimate of drug-likeness (QED) is 0.614. The number of esters is 1. The Bertz CT molecular complexity index is 614. The second-order valence-corrected chi connectivity index (χ2v) is 7.04. The van der Waals surface area contributed by atoms with Gasteiger partial charge in [0.1, 0.15) is 5.60 Å². The smallest absolute Gasteiger partial charge is 0.340 e. The van der Waals surface area contributed by atoms with Gasteiger partial charge >= 0.3 is 5.97 Å². The summed E-state index contributed by atoms with van der Waals surface area (Å²) >= 11 is 2.96. The van der Waals surface area contributed by atoms with Crippen LogP contribution in [0.4, 0.5) is 0 Å². The molecule has 0 bridgehead atoms. The third kappa shape index (κ3) is 2.47. The molecule has 0 atom stereocenters. The molecule has 0 N–H and O–H groups in total. The molecule has 0 aromatic carbocycles. The van der Waals surface area contributed by atoms with E-state index in [-0.39, 0.29) is 11.8 Å². The average Bonchev–Trinajstić information content (AvgIpc) is 2.71. The van der Waals surface area contributed by atoms with Crippen LogP contribution < -0.4 is 0 Å². The summed E-state index contributed by atoms with van der Waals surface area (Å²) in [6.07, 6.45) is 0. The van der Waals surface area contributed by atoms with Crippen molar-refractivity contribution in [3.63, 3.8) is 0 Å². The Morgan fingerprint density at radius 2 is 1.67 bits per heavy atom. The van der Waals surface area contributed by atoms with Gasteiger partial charge in [-0.1, -0.05) is 0 Å². The van der Waals surface area contributed by atoms with Crippen molar-refractivity contribution in [1.29, 1.82) is 0 Å². The van der Waals surface area contributed by atoms with Gasteiger partial charge in [-0.05, 0) is 27.7 Å². The van der Waals surface area contributed by atoms with Crippen LogP contribution in [0.1, 0.15) is 48.4 Å². The van der Waals surface area contributed by atoms with Gasteiger partial charge in [-0.15, -0.1) is 22.7 Å². The molecule has 3 nitrogen and oxygen atoms in total. The predicted octanol–water partition coefficient (Wildman–Crippen LogP) is 4.12. The van der Waals surface area contributed by atoms with Crippen LogP contribution in [0, 0.1) is 0 Å². The van der Waals surface area contributed by atoms with Crippen LogP contribution in [0.3, 0.4) is 0 Å². The molecule has 0 saturated heterocycles. The number of ketones is 1. The molecule has 0 aliphatic carbocycles. The number of rotatable bonds is 2. The molecule has 2 rings (SSSR count). The molecule has 0 fully saturated rings. The lowest BCUT2D eigenvalue weighted by molar-refractivity contribution is 0.00723. The summed E-state index contributed by atoms with van der Waals surface area (Å²) in [5.41, 5.74) is 0.575. The third-order valence-electron chi connectivity index (χ3n) is 2.31. The summed E-state index contributed by atoms with van der Waals surface area (Å²) in [5, 5.41) is 4.31. The Balaban J connectivity index is 2.48. The Kier molecular flexibility index (Phi) is 3.29.